The van der Waals surface area contributed by atoms with Crippen molar-refractivity contribution in [3.05, 3.63) is 21.2 Å². The summed E-state index contributed by atoms with van der Waals surface area (Å²) in [4.78, 5) is 20.2. The molecule has 2 heterocycles. The molecule has 0 radical (unpaired) electrons. The summed E-state index contributed by atoms with van der Waals surface area (Å²) in [6, 6.07) is 0.289. The molecule has 1 aromatic heterocycles. The highest BCUT2D eigenvalue weighted by Crippen LogP contribution is 2.27. The maximum absolute atomic E-state index is 11.4. The molecule has 0 saturated carbocycles. The topological polar surface area (TPSA) is 49.0 Å². The number of nitrogens with one attached hydrogen (secondary N) is 1. The third kappa shape index (κ3) is 2.03. The van der Waals surface area contributed by atoms with Crippen LogP contribution in [0.2, 0.25) is 0 Å². The van der Waals surface area contributed by atoms with E-state index in [1.54, 1.807) is 0 Å². The Hall–Kier alpha value is -0.550. The van der Waals surface area contributed by atoms with Crippen LogP contribution in [-0.4, -0.2) is 28.4 Å². The van der Waals surface area contributed by atoms with Crippen molar-refractivity contribution in [1.82, 2.24) is 9.97 Å². The van der Waals surface area contributed by atoms with E-state index in [1.165, 1.54) is 6.33 Å². The number of hydrogen-bond donors (Lipinski definition) is 1. The zero-order valence-electron chi connectivity index (χ0n) is 8.04. The Labute approximate surface area is 101 Å². The lowest BCUT2D eigenvalue weighted by Gasteiger charge is -2.24. The first kappa shape index (κ1) is 11.0. The maximum Gasteiger partial charge on any atom is 0.267 e. The molecule has 0 amide bonds. The van der Waals surface area contributed by atoms with E-state index in [1.807, 2.05) is 0 Å². The van der Waals surface area contributed by atoms with E-state index in [0.29, 0.717) is 16.2 Å². The van der Waals surface area contributed by atoms with Crippen LogP contribution in [-0.2, 0) is 0 Å². The summed E-state index contributed by atoms with van der Waals surface area (Å²) >= 11 is 9.13. The van der Waals surface area contributed by atoms with Gasteiger partial charge in [0.15, 0.2) is 5.82 Å². The van der Waals surface area contributed by atoms with Gasteiger partial charge in [-0.3, -0.25) is 4.79 Å². The average Bonchev–Trinajstić information content (AvgIpc) is 2.70. The second-order valence-corrected chi connectivity index (χ2v) is 4.61. The molecule has 1 atom stereocenters. The number of nitrogens with zero attached hydrogens (tertiary/aromatic N) is 2. The Bertz CT molecular complexity index is 409. The zero-order valence-corrected chi connectivity index (χ0v) is 10.4. The highest BCUT2D eigenvalue weighted by Gasteiger charge is 2.26. The number of H-pyrrole nitrogens is 1. The van der Waals surface area contributed by atoms with Crippen molar-refractivity contribution in [2.75, 3.05) is 17.3 Å². The summed E-state index contributed by atoms with van der Waals surface area (Å²) < 4.78 is 0.488. The first-order valence-electron chi connectivity index (χ1n) is 4.80. The summed E-state index contributed by atoms with van der Waals surface area (Å²) in [5.74, 6) is 1.27. The van der Waals surface area contributed by atoms with Gasteiger partial charge >= 0.3 is 0 Å². The van der Waals surface area contributed by atoms with E-state index < -0.39 is 0 Å². The van der Waals surface area contributed by atoms with Gasteiger partial charge in [-0.1, -0.05) is 0 Å². The molecule has 1 N–H and O–H groups in total. The second-order valence-electron chi connectivity index (χ2n) is 3.51. The molecule has 1 aliphatic rings. The van der Waals surface area contributed by atoms with Crippen molar-refractivity contribution >= 4 is 33.3 Å². The molecule has 15 heavy (non-hydrogen) atoms. The predicted octanol–water partition coefficient (Wildman–Crippen LogP) is 1.74. The minimum absolute atomic E-state index is 0.153. The van der Waals surface area contributed by atoms with Gasteiger partial charge in [0, 0.05) is 18.5 Å². The molecule has 4 nitrogen and oxygen atoms in total. The van der Waals surface area contributed by atoms with Crippen LogP contribution in [0.4, 0.5) is 5.82 Å². The Kier molecular flexibility index (Phi) is 3.31. The lowest BCUT2D eigenvalue weighted by molar-refractivity contribution is 0.729. The second kappa shape index (κ2) is 4.53. The van der Waals surface area contributed by atoms with Crippen molar-refractivity contribution in [2.45, 2.75) is 18.9 Å². The van der Waals surface area contributed by atoms with Gasteiger partial charge in [0.05, 0.1) is 6.33 Å². The van der Waals surface area contributed by atoms with Gasteiger partial charge < -0.3 is 9.88 Å². The van der Waals surface area contributed by atoms with Crippen LogP contribution in [0.25, 0.3) is 0 Å². The Balaban J connectivity index is 2.36. The van der Waals surface area contributed by atoms with Crippen molar-refractivity contribution < 1.29 is 0 Å². The monoisotopic (exact) mass is 291 g/mol. The minimum atomic E-state index is -0.153. The summed E-state index contributed by atoms with van der Waals surface area (Å²) in [6.45, 7) is 0.909. The molecule has 2 rings (SSSR count). The van der Waals surface area contributed by atoms with E-state index in [2.05, 4.69) is 30.8 Å². The van der Waals surface area contributed by atoms with Gasteiger partial charge in [0.25, 0.3) is 5.56 Å². The summed E-state index contributed by atoms with van der Waals surface area (Å²) in [5, 5.41) is 0. The van der Waals surface area contributed by atoms with E-state index in [-0.39, 0.29) is 11.6 Å². The van der Waals surface area contributed by atoms with Gasteiger partial charge in [-0.25, -0.2) is 4.98 Å². The van der Waals surface area contributed by atoms with Gasteiger partial charge in [-0.2, -0.15) is 0 Å². The fraction of sp³-hybridized carbons (Fsp3) is 0.556. The van der Waals surface area contributed by atoms with Crippen LogP contribution in [0.3, 0.4) is 0 Å². The molecule has 1 fully saturated rings. The summed E-state index contributed by atoms with van der Waals surface area (Å²) in [6.07, 6.45) is 3.58. The molecule has 1 unspecified atom stereocenters. The highest BCUT2D eigenvalue weighted by molar-refractivity contribution is 9.10. The number of anilines is 1. The Morgan fingerprint density at radius 1 is 1.73 bits per heavy atom. The molecule has 1 aromatic rings. The molecule has 0 spiro atoms. The Morgan fingerprint density at radius 3 is 3.27 bits per heavy atom. The van der Waals surface area contributed by atoms with Crippen LogP contribution in [0.5, 0.6) is 0 Å². The Morgan fingerprint density at radius 2 is 2.53 bits per heavy atom. The number of rotatable bonds is 2. The molecule has 0 aromatic carbocycles. The molecular formula is C9H11BrClN3O. The normalized spacial score (nSPS) is 20.9. The predicted molar refractivity (Wildman–Crippen MR) is 63.6 cm³/mol. The summed E-state index contributed by atoms with van der Waals surface area (Å²) in [5.41, 5.74) is -0.153. The molecule has 6 heteroatoms. The maximum atomic E-state index is 11.4. The fourth-order valence-corrected chi connectivity index (χ4v) is 2.61. The van der Waals surface area contributed by atoms with Crippen LogP contribution >= 0.6 is 27.5 Å². The number of alkyl halides is 1. The number of hydrogen-bond acceptors (Lipinski definition) is 3. The quantitative estimate of drug-likeness (QED) is 0.845. The van der Waals surface area contributed by atoms with Crippen LogP contribution in [0, 0.1) is 0 Å². The molecule has 0 bridgehead atoms. The first-order chi connectivity index (χ1) is 7.24. The molecule has 1 aliphatic heterocycles. The highest BCUT2D eigenvalue weighted by atomic mass is 79.9. The molecule has 0 aliphatic carbocycles. The molecule has 82 valence electrons. The van der Waals surface area contributed by atoms with E-state index in [4.69, 9.17) is 11.6 Å². The van der Waals surface area contributed by atoms with Crippen molar-refractivity contribution in [1.29, 1.82) is 0 Å². The van der Waals surface area contributed by atoms with Crippen molar-refractivity contribution in [3.63, 3.8) is 0 Å². The van der Waals surface area contributed by atoms with Crippen LogP contribution < -0.4 is 10.5 Å². The molecule has 1 saturated heterocycles. The third-order valence-corrected chi connectivity index (χ3v) is 3.68. The average molecular weight is 293 g/mol. The van der Waals surface area contributed by atoms with Crippen molar-refractivity contribution in [3.8, 4) is 0 Å². The number of aromatic amines is 1. The standard InChI is InChI=1S/C9H11BrClN3O/c10-7-8(12-5-13-9(7)15)14-3-1-2-6(14)4-11/h5-6H,1-4H2,(H,12,13,15). The van der Waals surface area contributed by atoms with Gasteiger partial charge in [-0.05, 0) is 28.8 Å². The van der Waals surface area contributed by atoms with Crippen LogP contribution in [0.1, 0.15) is 12.8 Å². The van der Waals surface area contributed by atoms with E-state index in [0.717, 1.165) is 19.4 Å². The zero-order chi connectivity index (χ0) is 10.8. The smallest absolute Gasteiger partial charge is 0.267 e. The molecular weight excluding hydrogens is 281 g/mol. The largest absolute Gasteiger partial charge is 0.351 e. The summed E-state index contributed by atoms with van der Waals surface area (Å²) in [7, 11) is 0. The van der Waals surface area contributed by atoms with Gasteiger partial charge in [0.1, 0.15) is 4.47 Å². The first-order valence-corrected chi connectivity index (χ1v) is 6.12. The van der Waals surface area contributed by atoms with Crippen LogP contribution in [0.15, 0.2) is 15.6 Å². The van der Waals surface area contributed by atoms with Gasteiger partial charge in [-0.15, -0.1) is 11.6 Å². The van der Waals surface area contributed by atoms with E-state index >= 15 is 0 Å². The SMILES string of the molecule is O=c1[nH]cnc(N2CCCC2CCl)c1Br. The third-order valence-electron chi connectivity index (χ3n) is 2.61. The lowest BCUT2D eigenvalue weighted by atomic mass is 10.2. The number of aromatic nitrogens is 2. The number of halogens is 2. The van der Waals surface area contributed by atoms with E-state index in [9.17, 15) is 4.79 Å². The fourth-order valence-electron chi connectivity index (χ4n) is 1.85. The van der Waals surface area contributed by atoms with Gasteiger partial charge in [0.2, 0.25) is 0 Å². The lowest BCUT2D eigenvalue weighted by Crippen LogP contribution is -2.32. The van der Waals surface area contributed by atoms with Crippen molar-refractivity contribution in [2.24, 2.45) is 0 Å². The minimum Gasteiger partial charge on any atom is -0.351 e.